The van der Waals surface area contributed by atoms with Gasteiger partial charge in [-0.2, -0.15) is 4.31 Å². The van der Waals surface area contributed by atoms with Crippen molar-refractivity contribution in [2.75, 3.05) is 18.4 Å². The van der Waals surface area contributed by atoms with Crippen LogP contribution in [0.4, 0.5) is 10.1 Å². The maximum Gasteiger partial charge on any atom is 0.246 e. The van der Waals surface area contributed by atoms with Crippen LogP contribution < -0.4 is 5.32 Å². The van der Waals surface area contributed by atoms with Crippen LogP contribution in [0.1, 0.15) is 12.8 Å². The third-order valence-electron chi connectivity index (χ3n) is 4.43. The molecule has 0 unspecified atom stereocenters. The molecule has 0 radical (unpaired) electrons. The largest absolute Gasteiger partial charge is 0.326 e. The van der Waals surface area contributed by atoms with E-state index in [1.165, 1.54) is 34.6 Å². The van der Waals surface area contributed by atoms with Crippen LogP contribution in [0, 0.1) is 11.7 Å². The number of halogens is 3. The third kappa shape index (κ3) is 4.43. The first-order valence-electron chi connectivity index (χ1n) is 8.29. The molecule has 2 aromatic rings. The minimum absolute atomic E-state index is 0.0634. The Balaban J connectivity index is 1.67. The van der Waals surface area contributed by atoms with Gasteiger partial charge in [-0.3, -0.25) is 4.79 Å². The number of anilines is 1. The summed E-state index contributed by atoms with van der Waals surface area (Å²) in [6.07, 6.45) is 0.699. The first-order valence-corrected chi connectivity index (χ1v) is 10.5. The SMILES string of the molecule is O=C(Nc1cccc(F)c1)C1CCN(S(=O)(=O)c2c(Cl)cccc2Cl)CC1. The van der Waals surface area contributed by atoms with E-state index in [2.05, 4.69) is 5.32 Å². The van der Waals surface area contributed by atoms with Gasteiger partial charge in [-0.15, -0.1) is 0 Å². The molecule has 2 aromatic carbocycles. The summed E-state index contributed by atoms with van der Waals surface area (Å²) in [6, 6.07) is 10.1. The molecule has 9 heteroatoms. The second-order valence-corrected chi connectivity index (χ2v) is 8.92. The molecule has 1 aliphatic rings. The average molecular weight is 431 g/mol. The summed E-state index contributed by atoms with van der Waals surface area (Å²) in [7, 11) is -3.85. The molecule has 27 heavy (non-hydrogen) atoms. The number of nitrogens with one attached hydrogen (secondary N) is 1. The van der Waals surface area contributed by atoms with Crippen LogP contribution in [-0.4, -0.2) is 31.7 Å². The number of nitrogens with zero attached hydrogens (tertiary/aromatic N) is 1. The monoisotopic (exact) mass is 430 g/mol. The lowest BCUT2D eigenvalue weighted by Crippen LogP contribution is -2.41. The van der Waals surface area contributed by atoms with Gasteiger partial charge in [-0.05, 0) is 43.2 Å². The first-order chi connectivity index (χ1) is 12.8. The summed E-state index contributed by atoms with van der Waals surface area (Å²) in [5.41, 5.74) is 0.373. The fraction of sp³-hybridized carbons (Fsp3) is 0.278. The quantitative estimate of drug-likeness (QED) is 0.790. The Morgan fingerprint density at radius 2 is 1.67 bits per heavy atom. The second kappa shape index (κ2) is 8.14. The summed E-state index contributed by atoms with van der Waals surface area (Å²) in [5, 5.41) is 2.79. The summed E-state index contributed by atoms with van der Waals surface area (Å²) in [6.45, 7) is 0.343. The van der Waals surface area contributed by atoms with E-state index in [1.54, 1.807) is 12.1 Å². The molecule has 3 rings (SSSR count). The number of hydrogen-bond acceptors (Lipinski definition) is 3. The van der Waals surface area contributed by atoms with Crippen molar-refractivity contribution in [2.45, 2.75) is 17.7 Å². The maximum atomic E-state index is 13.2. The van der Waals surface area contributed by atoms with Crippen molar-refractivity contribution >= 4 is 44.8 Å². The summed E-state index contributed by atoms with van der Waals surface area (Å²) in [5.74, 6) is -1.06. The van der Waals surface area contributed by atoms with Gasteiger partial charge in [0.2, 0.25) is 15.9 Å². The van der Waals surface area contributed by atoms with E-state index in [9.17, 15) is 17.6 Å². The number of carbonyl (C=O) groups is 1. The van der Waals surface area contributed by atoms with Crippen molar-refractivity contribution in [2.24, 2.45) is 5.92 Å². The van der Waals surface area contributed by atoms with E-state index in [0.717, 1.165) is 0 Å². The summed E-state index contributed by atoms with van der Waals surface area (Å²) in [4.78, 5) is 12.3. The number of rotatable bonds is 4. The Morgan fingerprint density at radius 3 is 2.26 bits per heavy atom. The van der Waals surface area contributed by atoms with Gasteiger partial charge in [-0.1, -0.05) is 35.3 Å². The summed E-state index contributed by atoms with van der Waals surface area (Å²) < 4.78 is 40.2. The van der Waals surface area contributed by atoms with Crippen LogP contribution in [0.25, 0.3) is 0 Å². The number of hydrogen-bond donors (Lipinski definition) is 1. The lowest BCUT2D eigenvalue weighted by atomic mass is 9.97. The van der Waals surface area contributed by atoms with Gasteiger partial charge in [0.15, 0.2) is 0 Å². The molecule has 1 heterocycles. The molecule has 1 saturated heterocycles. The van der Waals surface area contributed by atoms with E-state index in [1.807, 2.05) is 0 Å². The highest BCUT2D eigenvalue weighted by Gasteiger charge is 2.34. The van der Waals surface area contributed by atoms with Crippen LogP contribution in [0.2, 0.25) is 10.0 Å². The van der Waals surface area contributed by atoms with Crippen molar-refractivity contribution in [1.82, 2.24) is 4.31 Å². The van der Waals surface area contributed by atoms with Crippen LogP contribution in [0.15, 0.2) is 47.4 Å². The molecule has 1 aliphatic heterocycles. The van der Waals surface area contributed by atoms with E-state index >= 15 is 0 Å². The lowest BCUT2D eigenvalue weighted by Gasteiger charge is -2.31. The predicted octanol–water partition coefficient (Wildman–Crippen LogP) is 4.17. The smallest absolute Gasteiger partial charge is 0.246 e. The van der Waals surface area contributed by atoms with Crippen LogP contribution in [0.5, 0.6) is 0 Å². The van der Waals surface area contributed by atoms with E-state index in [-0.39, 0.29) is 39.9 Å². The Kier molecular flexibility index (Phi) is 6.05. The first kappa shape index (κ1) is 20.1. The van der Waals surface area contributed by atoms with Gasteiger partial charge in [0.1, 0.15) is 10.7 Å². The topological polar surface area (TPSA) is 66.5 Å². The second-order valence-electron chi connectivity index (χ2n) is 6.23. The highest BCUT2D eigenvalue weighted by Crippen LogP contribution is 2.33. The van der Waals surface area contributed by atoms with E-state index in [0.29, 0.717) is 18.5 Å². The van der Waals surface area contributed by atoms with Crippen LogP contribution >= 0.6 is 23.2 Å². The van der Waals surface area contributed by atoms with E-state index in [4.69, 9.17) is 23.2 Å². The van der Waals surface area contributed by atoms with Gasteiger partial charge < -0.3 is 5.32 Å². The third-order valence-corrected chi connectivity index (χ3v) is 7.29. The Hall–Kier alpha value is -1.67. The highest BCUT2D eigenvalue weighted by atomic mass is 35.5. The molecule has 0 spiro atoms. The van der Waals surface area contributed by atoms with Crippen molar-refractivity contribution in [3.63, 3.8) is 0 Å². The number of carbonyl (C=O) groups excluding carboxylic acids is 1. The standard InChI is InChI=1S/C18H17Cl2FN2O3S/c19-15-5-2-6-16(20)17(15)27(25,26)23-9-7-12(8-10-23)18(24)22-14-4-1-3-13(21)11-14/h1-6,11-12H,7-10H2,(H,22,24). The number of piperidine rings is 1. The number of benzene rings is 2. The van der Waals surface area contributed by atoms with Gasteiger partial charge in [0.05, 0.1) is 10.0 Å². The zero-order chi connectivity index (χ0) is 19.6. The molecule has 1 amide bonds. The van der Waals surface area contributed by atoms with Crippen LogP contribution in [-0.2, 0) is 14.8 Å². The molecule has 0 atom stereocenters. The molecule has 144 valence electrons. The predicted molar refractivity (Wildman–Crippen MR) is 103 cm³/mol. The normalized spacial score (nSPS) is 16.3. The fourth-order valence-corrected chi connectivity index (χ4v) is 5.59. The molecule has 0 aliphatic carbocycles. The van der Waals surface area contributed by atoms with Gasteiger partial charge in [-0.25, -0.2) is 12.8 Å². The Bertz CT molecular complexity index is 941. The number of amides is 1. The summed E-state index contributed by atoms with van der Waals surface area (Å²) >= 11 is 12.1. The molecular weight excluding hydrogens is 414 g/mol. The fourth-order valence-electron chi connectivity index (χ4n) is 3.03. The molecule has 0 bridgehead atoms. The van der Waals surface area contributed by atoms with Gasteiger partial charge in [0.25, 0.3) is 0 Å². The maximum absolute atomic E-state index is 13.2. The average Bonchev–Trinajstić information content (AvgIpc) is 2.61. The highest BCUT2D eigenvalue weighted by molar-refractivity contribution is 7.89. The minimum Gasteiger partial charge on any atom is -0.326 e. The lowest BCUT2D eigenvalue weighted by molar-refractivity contribution is -0.120. The van der Waals surface area contributed by atoms with Crippen molar-refractivity contribution in [3.8, 4) is 0 Å². The Labute approximate surface area is 167 Å². The molecular formula is C18H17Cl2FN2O3S. The molecule has 1 N–H and O–H groups in total. The molecule has 1 fully saturated rings. The van der Waals surface area contributed by atoms with Crippen molar-refractivity contribution in [3.05, 3.63) is 58.3 Å². The molecule has 0 saturated carbocycles. The minimum atomic E-state index is -3.85. The van der Waals surface area contributed by atoms with Gasteiger partial charge >= 0.3 is 0 Å². The van der Waals surface area contributed by atoms with Crippen molar-refractivity contribution < 1.29 is 17.6 Å². The number of sulfonamides is 1. The van der Waals surface area contributed by atoms with E-state index < -0.39 is 15.8 Å². The molecule has 5 nitrogen and oxygen atoms in total. The zero-order valence-corrected chi connectivity index (χ0v) is 16.5. The van der Waals surface area contributed by atoms with Gasteiger partial charge in [0, 0.05) is 24.7 Å². The van der Waals surface area contributed by atoms with Crippen molar-refractivity contribution in [1.29, 1.82) is 0 Å². The zero-order valence-electron chi connectivity index (χ0n) is 14.2. The molecule has 0 aromatic heterocycles. The Morgan fingerprint density at radius 1 is 1.07 bits per heavy atom. The van der Waals surface area contributed by atoms with Crippen LogP contribution in [0.3, 0.4) is 0 Å².